The smallest absolute Gasteiger partial charge is 0.315 e. The number of carbonyl (C=O) groups is 6. The monoisotopic (exact) mass is 633 g/mol. The molecule has 12 heteroatoms. The zero-order valence-corrected chi connectivity index (χ0v) is 29.0. The first-order valence-corrected chi connectivity index (χ1v) is 15.7. The number of esters is 1. The number of urea groups is 1. The highest BCUT2D eigenvalue weighted by molar-refractivity contribution is 6.38. The van der Waals surface area contributed by atoms with Crippen molar-refractivity contribution in [3.63, 3.8) is 0 Å². The Labute approximate surface area is 268 Å². The van der Waals surface area contributed by atoms with Crippen LogP contribution < -0.4 is 21.3 Å². The van der Waals surface area contributed by atoms with Gasteiger partial charge in [0.05, 0.1) is 12.5 Å². The fourth-order valence-corrected chi connectivity index (χ4v) is 5.86. The number of likely N-dealkylation sites (tertiary alicyclic amines) is 1. The topological polar surface area (TPSA) is 163 Å². The summed E-state index contributed by atoms with van der Waals surface area (Å²) in [5.74, 6) is -3.30. The van der Waals surface area contributed by atoms with Gasteiger partial charge in [-0.25, -0.2) is 4.79 Å². The van der Waals surface area contributed by atoms with Crippen LogP contribution in [0.5, 0.6) is 0 Å². The number of Topliss-reactive ketones (excluding diaryl/α,β-unsaturated/α-hetero) is 1. The molecule has 0 aromatic carbocycles. The van der Waals surface area contributed by atoms with Gasteiger partial charge in [0.15, 0.2) is 0 Å². The van der Waals surface area contributed by atoms with Crippen LogP contribution in [0, 0.1) is 22.7 Å². The molecule has 5 atom stereocenters. The molecule has 4 N–H and O–H groups in total. The summed E-state index contributed by atoms with van der Waals surface area (Å²) in [7, 11) is 0. The average molecular weight is 634 g/mol. The third-order valence-electron chi connectivity index (χ3n) is 8.19. The second kappa shape index (κ2) is 13.9. The Bertz CT molecular complexity index is 1180. The number of carbonyl (C=O) groups excluding carboxylic acids is 6. The molecule has 0 aromatic heterocycles. The van der Waals surface area contributed by atoms with Gasteiger partial charge < -0.3 is 30.9 Å². The fourth-order valence-electron chi connectivity index (χ4n) is 5.86. The summed E-state index contributed by atoms with van der Waals surface area (Å²) in [6, 6.07) is -3.47. The second-order valence-corrected chi connectivity index (χ2v) is 15.9. The van der Waals surface area contributed by atoms with Crippen LogP contribution in [0.2, 0.25) is 0 Å². The summed E-state index contributed by atoms with van der Waals surface area (Å²) in [6.45, 7) is 24.2. The molecule has 2 rings (SSSR count). The molecule has 0 radical (unpaired) electrons. The van der Waals surface area contributed by atoms with E-state index in [1.165, 1.54) is 4.90 Å². The van der Waals surface area contributed by atoms with Crippen LogP contribution >= 0.6 is 0 Å². The van der Waals surface area contributed by atoms with E-state index in [1.807, 2.05) is 55.4 Å². The molecule has 45 heavy (non-hydrogen) atoms. The first-order valence-electron chi connectivity index (χ1n) is 15.7. The number of fused-ring (bicyclic) bond motifs is 1. The molecule has 1 aliphatic carbocycles. The molecule has 1 heterocycles. The van der Waals surface area contributed by atoms with Crippen molar-refractivity contribution >= 4 is 35.5 Å². The van der Waals surface area contributed by atoms with Crippen LogP contribution in [-0.4, -0.2) is 82.8 Å². The molecule has 1 saturated carbocycles. The number of ketones is 1. The van der Waals surface area contributed by atoms with Crippen molar-refractivity contribution in [1.82, 2.24) is 26.2 Å². The lowest BCUT2D eigenvalue weighted by Crippen LogP contribution is -2.62. The number of nitrogens with zero attached hydrogens (tertiary/aromatic N) is 1. The number of hydrogen-bond donors (Lipinski definition) is 4. The van der Waals surface area contributed by atoms with E-state index in [-0.39, 0.29) is 42.5 Å². The normalized spacial score (nSPS) is 21.8. The minimum absolute atomic E-state index is 0.0692. The van der Waals surface area contributed by atoms with Crippen molar-refractivity contribution in [1.29, 1.82) is 0 Å². The first kappa shape index (κ1) is 37.7. The van der Waals surface area contributed by atoms with Crippen LogP contribution in [0.25, 0.3) is 0 Å². The Morgan fingerprint density at radius 3 is 2.09 bits per heavy atom. The zero-order valence-electron chi connectivity index (χ0n) is 29.0. The van der Waals surface area contributed by atoms with Crippen LogP contribution in [-0.2, 0) is 28.7 Å². The van der Waals surface area contributed by atoms with E-state index in [2.05, 4.69) is 27.8 Å². The molecule has 12 nitrogen and oxygen atoms in total. The Morgan fingerprint density at radius 2 is 1.58 bits per heavy atom. The largest absolute Gasteiger partial charge is 0.460 e. The van der Waals surface area contributed by atoms with Gasteiger partial charge in [-0.05, 0) is 77.0 Å². The van der Waals surface area contributed by atoms with Crippen molar-refractivity contribution in [2.75, 3.05) is 13.1 Å². The molecule has 0 bridgehead atoms. The molecule has 0 aromatic rings. The standard InChI is InChI=1S/C33H55N5O7/c1-13-14-15-20(24(40)27(42)34-17-16-21(39)45-32(8,9)10)35-26(41)23-22-19(33(22,11)12)18-38(23)28(43)25(30(2,3)4)36-29(44)37-31(5,6)7/h13,19-20,22-23,25H,1,14-18H2,2-12H3,(H,34,42)(H,35,41)(H2,36,37,44)/t19-,20-,22-,23-,25+/m0/s1. The van der Waals surface area contributed by atoms with E-state index in [4.69, 9.17) is 4.74 Å². The molecular formula is C33H55N5O7. The molecule has 5 amide bonds. The molecule has 0 unspecified atom stereocenters. The molecule has 2 fully saturated rings. The van der Waals surface area contributed by atoms with E-state index in [0.29, 0.717) is 13.0 Å². The van der Waals surface area contributed by atoms with Crippen molar-refractivity contribution in [3.8, 4) is 0 Å². The maximum atomic E-state index is 14.1. The first-order chi connectivity index (χ1) is 20.4. The molecular weight excluding hydrogens is 578 g/mol. The Kier molecular flexibility index (Phi) is 11.7. The van der Waals surface area contributed by atoms with Gasteiger partial charge in [-0.3, -0.25) is 24.0 Å². The quantitative estimate of drug-likeness (QED) is 0.146. The number of rotatable bonds is 12. The number of allylic oxidation sites excluding steroid dienone is 1. The third-order valence-corrected chi connectivity index (χ3v) is 8.19. The fraction of sp³-hybridized carbons (Fsp3) is 0.758. The molecule has 2 aliphatic rings. The van der Waals surface area contributed by atoms with Crippen LogP contribution in [0.1, 0.15) is 95.4 Å². The predicted octanol–water partition coefficient (Wildman–Crippen LogP) is 2.85. The van der Waals surface area contributed by atoms with Gasteiger partial charge in [-0.15, -0.1) is 6.58 Å². The zero-order chi connectivity index (χ0) is 34.7. The van der Waals surface area contributed by atoms with Gasteiger partial charge in [0, 0.05) is 18.6 Å². The molecule has 0 spiro atoms. The lowest BCUT2D eigenvalue weighted by molar-refractivity contribution is -0.154. The number of hydrogen-bond acceptors (Lipinski definition) is 7. The summed E-state index contributed by atoms with van der Waals surface area (Å²) >= 11 is 0. The number of nitrogens with one attached hydrogen (secondary N) is 4. The number of piperidine rings is 1. The van der Waals surface area contributed by atoms with Crippen LogP contribution in [0.3, 0.4) is 0 Å². The second-order valence-electron chi connectivity index (χ2n) is 15.9. The maximum absolute atomic E-state index is 14.1. The Morgan fingerprint density at radius 1 is 0.978 bits per heavy atom. The van der Waals surface area contributed by atoms with Crippen molar-refractivity contribution in [2.45, 2.75) is 125 Å². The average Bonchev–Trinajstić information content (AvgIpc) is 3.19. The summed E-state index contributed by atoms with van der Waals surface area (Å²) in [5.41, 5.74) is -2.07. The van der Waals surface area contributed by atoms with E-state index in [9.17, 15) is 28.8 Å². The van der Waals surface area contributed by atoms with Gasteiger partial charge in [-0.1, -0.05) is 40.7 Å². The Hall–Kier alpha value is -3.44. The predicted molar refractivity (Wildman–Crippen MR) is 171 cm³/mol. The molecule has 254 valence electrons. The molecule has 1 aliphatic heterocycles. The summed E-state index contributed by atoms with van der Waals surface area (Å²) in [6.07, 6.45) is 1.95. The highest BCUT2D eigenvalue weighted by atomic mass is 16.6. The van der Waals surface area contributed by atoms with Gasteiger partial charge >= 0.3 is 12.0 Å². The SMILES string of the molecule is C=CCC[C@H](NC(=O)[C@@H]1[C@@H]2[C@H](CN1C(=O)[C@@H](NC(=O)NC(C)(C)C)C(C)(C)C)C2(C)C)C(=O)C(=O)NCCC(=O)OC(C)(C)C. The maximum Gasteiger partial charge on any atom is 0.315 e. The van der Waals surface area contributed by atoms with Crippen molar-refractivity contribution in [3.05, 3.63) is 12.7 Å². The van der Waals surface area contributed by atoms with E-state index in [0.717, 1.165) is 0 Å². The summed E-state index contributed by atoms with van der Waals surface area (Å²) < 4.78 is 5.23. The highest BCUT2D eigenvalue weighted by Crippen LogP contribution is 2.65. The summed E-state index contributed by atoms with van der Waals surface area (Å²) in [5, 5.41) is 10.8. The molecule has 1 saturated heterocycles. The van der Waals surface area contributed by atoms with E-state index >= 15 is 0 Å². The summed E-state index contributed by atoms with van der Waals surface area (Å²) in [4.78, 5) is 80.3. The van der Waals surface area contributed by atoms with Gasteiger partial charge in [0.1, 0.15) is 17.7 Å². The number of ether oxygens (including phenoxy) is 1. The van der Waals surface area contributed by atoms with Gasteiger partial charge in [-0.2, -0.15) is 0 Å². The lowest BCUT2D eigenvalue weighted by atomic mass is 9.85. The van der Waals surface area contributed by atoms with Crippen molar-refractivity contribution in [2.24, 2.45) is 22.7 Å². The van der Waals surface area contributed by atoms with Gasteiger partial charge in [0.25, 0.3) is 5.91 Å². The minimum atomic E-state index is -1.16. The van der Waals surface area contributed by atoms with Crippen molar-refractivity contribution < 1.29 is 33.5 Å². The van der Waals surface area contributed by atoms with Crippen LogP contribution in [0.4, 0.5) is 4.79 Å². The number of amides is 5. The van der Waals surface area contributed by atoms with Gasteiger partial charge in [0.2, 0.25) is 17.6 Å². The Balaban J connectivity index is 2.23. The van der Waals surface area contributed by atoms with E-state index < -0.39 is 64.3 Å². The minimum Gasteiger partial charge on any atom is -0.460 e. The third kappa shape index (κ3) is 10.3. The highest BCUT2D eigenvalue weighted by Gasteiger charge is 2.70. The van der Waals surface area contributed by atoms with E-state index in [1.54, 1.807) is 26.8 Å². The lowest BCUT2D eigenvalue weighted by Gasteiger charge is -2.38. The van der Waals surface area contributed by atoms with Crippen LogP contribution in [0.15, 0.2) is 12.7 Å².